The van der Waals surface area contributed by atoms with Gasteiger partial charge in [-0.05, 0) is 42.3 Å². The van der Waals surface area contributed by atoms with Gasteiger partial charge in [-0.2, -0.15) is 0 Å². The van der Waals surface area contributed by atoms with Gasteiger partial charge in [0.1, 0.15) is 5.75 Å². The highest BCUT2D eigenvalue weighted by atomic mass is 79.9. The van der Waals surface area contributed by atoms with Gasteiger partial charge in [0, 0.05) is 33.7 Å². The van der Waals surface area contributed by atoms with E-state index < -0.39 is 17.3 Å². The zero-order valence-corrected chi connectivity index (χ0v) is 19.2. The number of ether oxygens (including phenoxy) is 1. The number of aromatic nitrogens is 1. The molecule has 166 valence electrons. The first-order valence-electron chi connectivity index (χ1n) is 10.3. The number of nitrogens with zero attached hydrogens (tertiary/aromatic N) is 1. The number of para-hydroxylation sites is 1. The first kappa shape index (κ1) is 21.2. The Hall–Kier alpha value is -3.65. The summed E-state index contributed by atoms with van der Waals surface area (Å²) in [6.07, 6.45) is 4.30. The molecule has 0 aliphatic carbocycles. The van der Waals surface area contributed by atoms with Gasteiger partial charge in [-0.15, -0.1) is 0 Å². The van der Waals surface area contributed by atoms with Crippen molar-refractivity contribution in [1.29, 1.82) is 0 Å². The number of benzene rings is 2. The number of ketones is 1. The molecule has 3 heterocycles. The maximum absolute atomic E-state index is 13.3. The molecular weight excluding hydrogens is 488 g/mol. The maximum atomic E-state index is 13.3. The number of allylic oxidation sites excluding steroid dienone is 2. The van der Waals surface area contributed by atoms with Crippen LogP contribution < -0.4 is 0 Å². The second kappa shape index (κ2) is 7.74. The van der Waals surface area contributed by atoms with E-state index in [0.717, 1.165) is 22.8 Å². The lowest BCUT2D eigenvalue weighted by Gasteiger charge is -2.45. The van der Waals surface area contributed by atoms with Crippen LogP contribution in [0.3, 0.4) is 0 Å². The molecule has 1 atom stereocenters. The van der Waals surface area contributed by atoms with E-state index in [1.54, 1.807) is 17.2 Å². The number of H-pyrrole nitrogens is 1. The number of esters is 1. The number of phenolic OH excluding ortho intramolecular Hbond substituents is 1. The smallest absolute Gasteiger partial charge is 0.337 e. The van der Waals surface area contributed by atoms with Crippen molar-refractivity contribution < 1.29 is 24.2 Å². The molecule has 0 fully saturated rings. The molecule has 2 aliphatic heterocycles. The SMILES string of the molecule is COC(=O)C1=CC(C(=O)c2cc(Br)ccc2O)=CN2CCc3c([nH]c4ccccc34)C12C=O. The average Bonchev–Trinajstić information content (AvgIpc) is 3.23. The predicted octanol–water partition coefficient (Wildman–Crippen LogP) is 3.77. The van der Waals surface area contributed by atoms with Gasteiger partial charge < -0.3 is 19.7 Å². The fourth-order valence-electron chi connectivity index (χ4n) is 4.75. The maximum Gasteiger partial charge on any atom is 0.337 e. The fraction of sp³-hybridized carbons (Fsp3) is 0.160. The average molecular weight is 507 g/mol. The summed E-state index contributed by atoms with van der Waals surface area (Å²) in [6, 6.07) is 12.3. The van der Waals surface area contributed by atoms with Crippen LogP contribution in [0, 0.1) is 0 Å². The first-order chi connectivity index (χ1) is 15.9. The Labute approximate surface area is 197 Å². The van der Waals surface area contributed by atoms with Crippen LogP contribution >= 0.6 is 15.9 Å². The molecule has 2 aromatic carbocycles. The lowest BCUT2D eigenvalue weighted by Crippen LogP contribution is -2.54. The van der Waals surface area contributed by atoms with Crippen LogP contribution in [0.2, 0.25) is 0 Å². The Morgan fingerprint density at radius 2 is 2.03 bits per heavy atom. The highest BCUT2D eigenvalue weighted by Crippen LogP contribution is 2.45. The molecular formula is C25H19BrN2O5. The van der Waals surface area contributed by atoms with E-state index in [9.17, 15) is 19.5 Å². The molecule has 0 bridgehead atoms. The van der Waals surface area contributed by atoms with Gasteiger partial charge in [-0.25, -0.2) is 4.79 Å². The zero-order chi connectivity index (χ0) is 23.3. The van der Waals surface area contributed by atoms with E-state index in [2.05, 4.69) is 20.9 Å². The van der Waals surface area contributed by atoms with Gasteiger partial charge in [0.15, 0.2) is 17.6 Å². The van der Waals surface area contributed by atoms with E-state index in [-0.39, 0.29) is 22.5 Å². The number of fused-ring (bicyclic) bond motifs is 5. The van der Waals surface area contributed by atoms with E-state index >= 15 is 0 Å². The Kier molecular flexibility index (Phi) is 4.97. The number of aldehydes is 1. The molecule has 1 unspecified atom stereocenters. The summed E-state index contributed by atoms with van der Waals surface area (Å²) in [7, 11) is 1.24. The standard InChI is InChI=1S/C25H19BrN2O5/c1-33-24(32)19-10-14(22(31)18-11-15(26)6-7-21(18)30)12-28-9-8-17-16-4-2-3-5-20(16)27-23(17)25(19,28)13-29/h2-7,10-13,27,30H,8-9H2,1H3. The molecule has 0 saturated carbocycles. The third-order valence-electron chi connectivity index (χ3n) is 6.30. The van der Waals surface area contributed by atoms with Gasteiger partial charge in [-0.1, -0.05) is 34.1 Å². The summed E-state index contributed by atoms with van der Waals surface area (Å²) in [5, 5.41) is 11.2. The minimum atomic E-state index is -1.46. The number of aromatic amines is 1. The van der Waals surface area contributed by atoms with E-state index in [1.165, 1.54) is 25.3 Å². The monoisotopic (exact) mass is 506 g/mol. The molecule has 1 aromatic heterocycles. The number of carbonyl (C=O) groups is 3. The largest absolute Gasteiger partial charge is 0.507 e. The third-order valence-corrected chi connectivity index (χ3v) is 6.79. The van der Waals surface area contributed by atoms with Crippen molar-refractivity contribution >= 4 is 44.9 Å². The second-order valence-corrected chi connectivity index (χ2v) is 8.89. The molecule has 2 N–H and O–H groups in total. The number of halogens is 1. The van der Waals surface area contributed by atoms with Gasteiger partial charge in [-0.3, -0.25) is 9.59 Å². The summed E-state index contributed by atoms with van der Waals surface area (Å²) >= 11 is 3.31. The highest BCUT2D eigenvalue weighted by molar-refractivity contribution is 9.10. The van der Waals surface area contributed by atoms with Crippen LogP contribution in [0.5, 0.6) is 5.75 Å². The Morgan fingerprint density at radius 3 is 2.79 bits per heavy atom. The molecule has 0 amide bonds. The second-order valence-electron chi connectivity index (χ2n) is 7.98. The number of carbonyl (C=O) groups excluding carboxylic acids is 3. The summed E-state index contributed by atoms with van der Waals surface area (Å²) in [4.78, 5) is 44.1. The quantitative estimate of drug-likeness (QED) is 0.317. The van der Waals surface area contributed by atoms with Crippen LogP contribution in [0.25, 0.3) is 10.9 Å². The Bertz CT molecular complexity index is 1400. The van der Waals surface area contributed by atoms with Crippen molar-refractivity contribution in [1.82, 2.24) is 9.88 Å². The fourth-order valence-corrected chi connectivity index (χ4v) is 5.11. The molecule has 5 rings (SSSR count). The molecule has 33 heavy (non-hydrogen) atoms. The highest BCUT2D eigenvalue weighted by Gasteiger charge is 2.51. The molecule has 0 spiro atoms. The van der Waals surface area contributed by atoms with Gasteiger partial charge >= 0.3 is 5.97 Å². The normalized spacial score (nSPS) is 19.3. The number of methoxy groups -OCH3 is 1. The van der Waals surface area contributed by atoms with E-state index in [1.807, 2.05) is 24.3 Å². The molecule has 0 saturated heterocycles. The molecule has 2 aliphatic rings. The predicted molar refractivity (Wildman–Crippen MR) is 125 cm³/mol. The van der Waals surface area contributed by atoms with Crippen molar-refractivity contribution in [2.75, 3.05) is 13.7 Å². The van der Waals surface area contributed by atoms with Gasteiger partial charge in [0.05, 0.1) is 23.9 Å². The van der Waals surface area contributed by atoms with Crippen LogP contribution in [0.4, 0.5) is 0 Å². The van der Waals surface area contributed by atoms with Crippen LogP contribution in [-0.2, 0) is 26.3 Å². The number of Topliss-reactive ketones (excluding diaryl/α,β-unsaturated/α-hetero) is 1. The van der Waals surface area contributed by atoms with Crippen molar-refractivity contribution in [3.8, 4) is 5.75 Å². The number of hydrogen-bond acceptors (Lipinski definition) is 6. The zero-order valence-electron chi connectivity index (χ0n) is 17.6. The molecule has 8 heteroatoms. The molecule has 3 aromatic rings. The summed E-state index contributed by atoms with van der Waals surface area (Å²) in [5.41, 5.74) is 1.24. The minimum absolute atomic E-state index is 0.0350. The molecule has 7 nitrogen and oxygen atoms in total. The number of aromatic hydroxyl groups is 1. The van der Waals surface area contributed by atoms with Crippen LogP contribution in [-0.4, -0.2) is 46.7 Å². The van der Waals surface area contributed by atoms with E-state index in [0.29, 0.717) is 23.1 Å². The van der Waals surface area contributed by atoms with Gasteiger partial charge in [0.2, 0.25) is 0 Å². The summed E-state index contributed by atoms with van der Waals surface area (Å²) in [5.74, 6) is -1.37. The van der Waals surface area contributed by atoms with E-state index in [4.69, 9.17) is 4.74 Å². The number of hydrogen-bond donors (Lipinski definition) is 2. The first-order valence-corrected chi connectivity index (χ1v) is 11.1. The van der Waals surface area contributed by atoms with Crippen LogP contribution in [0.1, 0.15) is 21.6 Å². The Balaban J connectivity index is 1.72. The van der Waals surface area contributed by atoms with Crippen LogP contribution in [0.15, 0.2) is 70.4 Å². The number of nitrogens with one attached hydrogen (secondary N) is 1. The van der Waals surface area contributed by atoms with Crippen molar-refractivity contribution in [3.63, 3.8) is 0 Å². The van der Waals surface area contributed by atoms with Crippen molar-refractivity contribution in [3.05, 3.63) is 87.2 Å². The Morgan fingerprint density at radius 1 is 1.24 bits per heavy atom. The minimum Gasteiger partial charge on any atom is -0.507 e. The van der Waals surface area contributed by atoms with Crippen molar-refractivity contribution in [2.45, 2.75) is 12.0 Å². The number of phenols is 1. The third kappa shape index (κ3) is 3.05. The van der Waals surface area contributed by atoms with Crippen molar-refractivity contribution in [2.24, 2.45) is 0 Å². The van der Waals surface area contributed by atoms with Gasteiger partial charge in [0.25, 0.3) is 0 Å². The topological polar surface area (TPSA) is 99.7 Å². The molecule has 0 radical (unpaired) electrons. The lowest BCUT2D eigenvalue weighted by atomic mass is 9.77. The summed E-state index contributed by atoms with van der Waals surface area (Å²) in [6.45, 7) is 0.406. The number of rotatable bonds is 4. The summed E-state index contributed by atoms with van der Waals surface area (Å²) < 4.78 is 5.65. The lowest BCUT2D eigenvalue weighted by molar-refractivity contribution is -0.139.